The highest BCUT2D eigenvalue weighted by molar-refractivity contribution is 5.50. The number of rotatable bonds is 4. The van der Waals surface area contributed by atoms with Crippen LogP contribution in [0.3, 0.4) is 0 Å². The molecule has 5 heteroatoms. The number of nitrogens with zero attached hydrogens (tertiary/aromatic N) is 4. The van der Waals surface area contributed by atoms with Crippen LogP contribution in [0.15, 0.2) is 12.4 Å². The van der Waals surface area contributed by atoms with E-state index in [4.69, 9.17) is 4.74 Å². The minimum atomic E-state index is 0.346. The molecule has 0 N–H and O–H groups in total. The molecule has 0 radical (unpaired) electrons. The zero-order valence-corrected chi connectivity index (χ0v) is 12.3. The van der Waals surface area contributed by atoms with E-state index < -0.39 is 0 Å². The molecular weight excluding hydrogens is 252 g/mol. The predicted molar refractivity (Wildman–Crippen MR) is 80.3 cm³/mol. The van der Waals surface area contributed by atoms with Gasteiger partial charge in [0, 0.05) is 38.9 Å². The highest BCUT2D eigenvalue weighted by atomic mass is 16.5. The molecule has 0 saturated carbocycles. The first-order valence-electron chi connectivity index (χ1n) is 7.80. The van der Waals surface area contributed by atoms with Crippen molar-refractivity contribution in [1.82, 2.24) is 9.97 Å². The van der Waals surface area contributed by atoms with E-state index >= 15 is 0 Å². The van der Waals surface area contributed by atoms with Crippen LogP contribution in [0, 0.1) is 0 Å². The van der Waals surface area contributed by atoms with Gasteiger partial charge in [0.25, 0.3) is 0 Å². The molecule has 2 saturated heterocycles. The van der Waals surface area contributed by atoms with Gasteiger partial charge in [0.2, 0.25) is 0 Å². The van der Waals surface area contributed by atoms with E-state index in [1.807, 2.05) is 0 Å². The van der Waals surface area contributed by atoms with E-state index in [1.165, 1.54) is 19.3 Å². The van der Waals surface area contributed by atoms with Gasteiger partial charge < -0.3 is 14.5 Å². The van der Waals surface area contributed by atoms with E-state index in [2.05, 4.69) is 32.8 Å². The average Bonchev–Trinajstić information content (AvgIpc) is 3.02. The molecule has 3 heterocycles. The van der Waals surface area contributed by atoms with E-state index in [0.717, 1.165) is 50.8 Å². The normalized spacial score (nSPS) is 23.4. The van der Waals surface area contributed by atoms with Gasteiger partial charge in [0.15, 0.2) is 0 Å². The third-order valence-corrected chi connectivity index (χ3v) is 4.17. The second kappa shape index (κ2) is 6.39. The molecule has 0 spiro atoms. The Morgan fingerprint density at radius 3 is 2.55 bits per heavy atom. The third-order valence-electron chi connectivity index (χ3n) is 4.17. The number of ether oxygens (including phenoxy) is 1. The van der Waals surface area contributed by atoms with Gasteiger partial charge >= 0.3 is 0 Å². The van der Waals surface area contributed by atoms with Crippen LogP contribution in [0.25, 0.3) is 0 Å². The SMILES string of the molecule is CCOC1CCCN(c2cc(N3CCCC3)ncn2)C1. The molecule has 0 aromatic carbocycles. The Hall–Kier alpha value is -1.36. The van der Waals surface area contributed by atoms with Crippen LogP contribution < -0.4 is 9.80 Å². The summed E-state index contributed by atoms with van der Waals surface area (Å²) >= 11 is 0. The van der Waals surface area contributed by atoms with Gasteiger partial charge in [-0.1, -0.05) is 0 Å². The molecule has 0 aliphatic carbocycles. The second-order valence-electron chi connectivity index (χ2n) is 5.59. The van der Waals surface area contributed by atoms with Crippen molar-refractivity contribution in [2.24, 2.45) is 0 Å². The standard InChI is InChI=1S/C15H24N4O/c1-2-20-13-6-5-9-19(11-13)15-10-14(16-12-17-15)18-7-3-4-8-18/h10,12-13H,2-9,11H2,1H3. The average molecular weight is 276 g/mol. The summed E-state index contributed by atoms with van der Waals surface area (Å²) in [6.45, 7) is 7.12. The van der Waals surface area contributed by atoms with Crippen LogP contribution in [0.2, 0.25) is 0 Å². The van der Waals surface area contributed by atoms with Crippen molar-refractivity contribution in [3.8, 4) is 0 Å². The van der Waals surface area contributed by atoms with E-state index in [-0.39, 0.29) is 0 Å². The summed E-state index contributed by atoms with van der Waals surface area (Å²) in [6.07, 6.45) is 6.93. The van der Waals surface area contributed by atoms with E-state index in [1.54, 1.807) is 6.33 Å². The van der Waals surface area contributed by atoms with Crippen molar-refractivity contribution in [1.29, 1.82) is 0 Å². The molecule has 0 amide bonds. The summed E-state index contributed by atoms with van der Waals surface area (Å²) in [4.78, 5) is 13.6. The molecule has 2 aliphatic rings. The highest BCUT2D eigenvalue weighted by Crippen LogP contribution is 2.24. The summed E-state index contributed by atoms with van der Waals surface area (Å²) in [6, 6.07) is 2.14. The van der Waals surface area contributed by atoms with E-state index in [9.17, 15) is 0 Å². The van der Waals surface area contributed by atoms with Gasteiger partial charge in [-0.25, -0.2) is 9.97 Å². The highest BCUT2D eigenvalue weighted by Gasteiger charge is 2.22. The minimum absolute atomic E-state index is 0.346. The van der Waals surface area contributed by atoms with Crippen LogP contribution in [0.4, 0.5) is 11.6 Å². The molecule has 2 fully saturated rings. The number of anilines is 2. The second-order valence-corrected chi connectivity index (χ2v) is 5.59. The van der Waals surface area contributed by atoms with Crippen LogP contribution in [0.1, 0.15) is 32.6 Å². The summed E-state index contributed by atoms with van der Waals surface area (Å²) in [5, 5.41) is 0. The summed E-state index contributed by atoms with van der Waals surface area (Å²) in [5.41, 5.74) is 0. The van der Waals surface area contributed by atoms with Gasteiger partial charge in [0.05, 0.1) is 6.10 Å². The number of aromatic nitrogens is 2. The molecule has 1 atom stereocenters. The maximum Gasteiger partial charge on any atom is 0.134 e. The molecule has 3 rings (SSSR count). The topological polar surface area (TPSA) is 41.5 Å². The molecule has 5 nitrogen and oxygen atoms in total. The van der Waals surface area contributed by atoms with Crippen molar-refractivity contribution in [2.75, 3.05) is 42.6 Å². The fourth-order valence-electron chi connectivity index (χ4n) is 3.15. The Balaban J connectivity index is 1.71. The molecule has 1 aromatic heterocycles. The van der Waals surface area contributed by atoms with Crippen LogP contribution in [-0.2, 0) is 4.74 Å². The zero-order chi connectivity index (χ0) is 13.8. The number of hydrogen-bond acceptors (Lipinski definition) is 5. The monoisotopic (exact) mass is 276 g/mol. The minimum Gasteiger partial charge on any atom is -0.377 e. The first-order chi connectivity index (χ1) is 9.86. The molecule has 1 unspecified atom stereocenters. The van der Waals surface area contributed by atoms with Crippen molar-refractivity contribution < 1.29 is 4.74 Å². The zero-order valence-electron chi connectivity index (χ0n) is 12.3. The smallest absolute Gasteiger partial charge is 0.134 e. The largest absolute Gasteiger partial charge is 0.377 e. The lowest BCUT2D eigenvalue weighted by molar-refractivity contribution is 0.0525. The van der Waals surface area contributed by atoms with Gasteiger partial charge in [-0.2, -0.15) is 0 Å². The van der Waals surface area contributed by atoms with E-state index in [0.29, 0.717) is 6.10 Å². The van der Waals surface area contributed by atoms with Gasteiger partial charge in [-0.15, -0.1) is 0 Å². The van der Waals surface area contributed by atoms with Crippen LogP contribution >= 0.6 is 0 Å². The molecule has 0 bridgehead atoms. The van der Waals surface area contributed by atoms with Crippen LogP contribution in [0.5, 0.6) is 0 Å². The fraction of sp³-hybridized carbons (Fsp3) is 0.733. The van der Waals surface area contributed by atoms with Crippen molar-refractivity contribution in [2.45, 2.75) is 38.7 Å². The van der Waals surface area contributed by atoms with Gasteiger partial charge in [-0.3, -0.25) is 0 Å². The van der Waals surface area contributed by atoms with Gasteiger partial charge in [-0.05, 0) is 32.6 Å². The lowest BCUT2D eigenvalue weighted by atomic mass is 10.1. The Morgan fingerprint density at radius 2 is 1.80 bits per heavy atom. The third kappa shape index (κ3) is 3.03. The summed E-state index contributed by atoms with van der Waals surface area (Å²) in [5.74, 6) is 2.12. The Kier molecular flexibility index (Phi) is 4.35. The molecule has 20 heavy (non-hydrogen) atoms. The summed E-state index contributed by atoms with van der Waals surface area (Å²) < 4.78 is 5.77. The lowest BCUT2D eigenvalue weighted by Gasteiger charge is -2.33. The maximum absolute atomic E-state index is 5.77. The number of piperidine rings is 1. The first-order valence-corrected chi connectivity index (χ1v) is 7.80. The van der Waals surface area contributed by atoms with Crippen LogP contribution in [-0.4, -0.2) is 48.9 Å². The molecule has 1 aromatic rings. The molecule has 2 aliphatic heterocycles. The lowest BCUT2D eigenvalue weighted by Crippen LogP contribution is -2.40. The quantitative estimate of drug-likeness (QED) is 0.842. The van der Waals surface area contributed by atoms with Crippen molar-refractivity contribution >= 4 is 11.6 Å². The van der Waals surface area contributed by atoms with Crippen molar-refractivity contribution in [3.05, 3.63) is 12.4 Å². The molecular formula is C15H24N4O. The Labute approximate surface area is 121 Å². The number of hydrogen-bond donors (Lipinski definition) is 0. The fourth-order valence-corrected chi connectivity index (χ4v) is 3.15. The van der Waals surface area contributed by atoms with Gasteiger partial charge in [0.1, 0.15) is 18.0 Å². The Morgan fingerprint density at radius 1 is 1.10 bits per heavy atom. The maximum atomic E-state index is 5.77. The molecule has 110 valence electrons. The summed E-state index contributed by atoms with van der Waals surface area (Å²) in [7, 11) is 0. The Bertz CT molecular complexity index is 432. The first kappa shape index (κ1) is 13.6. The predicted octanol–water partition coefficient (Wildman–Crippen LogP) is 2.08. The van der Waals surface area contributed by atoms with Crippen molar-refractivity contribution in [3.63, 3.8) is 0 Å².